The largest absolute Gasteiger partial charge is 0.466 e. The molecule has 1 amide bonds. The van der Waals surface area contributed by atoms with Crippen LogP contribution in [0.25, 0.3) is 0 Å². The predicted octanol–water partition coefficient (Wildman–Crippen LogP) is 2.11. The first-order valence-corrected chi connectivity index (χ1v) is 7.39. The van der Waals surface area contributed by atoms with Crippen LogP contribution >= 0.6 is 23.4 Å². The highest BCUT2D eigenvalue weighted by Crippen LogP contribution is 2.29. The number of carbonyl (C=O) groups is 3. The Morgan fingerprint density at radius 3 is 2.90 bits per heavy atom. The molecule has 1 aromatic carbocycles. The molecule has 1 heterocycles. The smallest absolute Gasteiger partial charge is 0.333 e. The van der Waals surface area contributed by atoms with Gasteiger partial charge in [-0.05, 0) is 12.1 Å². The van der Waals surface area contributed by atoms with Gasteiger partial charge in [0.25, 0.3) is 0 Å². The number of thioether (sulfide) groups is 1. The minimum Gasteiger partial charge on any atom is -0.466 e. The number of esters is 1. The number of benzene rings is 1. The van der Waals surface area contributed by atoms with E-state index in [9.17, 15) is 14.4 Å². The quantitative estimate of drug-likeness (QED) is 0.482. The molecule has 0 saturated carbocycles. The third-order valence-electron chi connectivity index (χ3n) is 2.80. The summed E-state index contributed by atoms with van der Waals surface area (Å²) < 4.78 is 4.53. The van der Waals surface area contributed by atoms with Gasteiger partial charge in [0.2, 0.25) is 5.91 Å². The maximum absolute atomic E-state index is 12.2. The maximum Gasteiger partial charge on any atom is 0.333 e. The summed E-state index contributed by atoms with van der Waals surface area (Å²) in [4.78, 5) is 36.6. The average Bonchev–Trinajstić information content (AvgIpc) is 2.80. The summed E-state index contributed by atoms with van der Waals surface area (Å²) in [6.07, 6.45) is 1.21. The lowest BCUT2D eigenvalue weighted by molar-refractivity contribution is -0.134. The topological polar surface area (TPSA) is 63.7 Å². The van der Waals surface area contributed by atoms with E-state index in [1.165, 1.54) is 29.8 Å². The van der Waals surface area contributed by atoms with Crippen LogP contribution in [0.3, 0.4) is 0 Å². The molecule has 0 aromatic heterocycles. The van der Waals surface area contributed by atoms with E-state index in [0.29, 0.717) is 15.6 Å². The van der Waals surface area contributed by atoms with Crippen molar-refractivity contribution in [1.29, 1.82) is 0 Å². The molecule has 1 aromatic rings. The van der Waals surface area contributed by atoms with Gasteiger partial charge in [0, 0.05) is 10.6 Å². The van der Waals surface area contributed by atoms with Crippen molar-refractivity contribution >= 4 is 41.0 Å². The number of amides is 1. The number of methoxy groups -OCH3 is 1. The molecular weight excluding hydrogens is 314 g/mol. The zero-order valence-electron chi connectivity index (χ0n) is 11.2. The molecule has 2 rings (SSSR count). The van der Waals surface area contributed by atoms with Crippen LogP contribution < -0.4 is 0 Å². The molecule has 0 spiro atoms. The summed E-state index contributed by atoms with van der Waals surface area (Å²) >= 11 is 7.04. The fraction of sp³-hybridized carbons (Fsp3) is 0.214. The van der Waals surface area contributed by atoms with Crippen LogP contribution in [0.5, 0.6) is 0 Å². The molecule has 0 unspecified atom stereocenters. The van der Waals surface area contributed by atoms with Crippen molar-refractivity contribution in [2.45, 2.75) is 0 Å². The third kappa shape index (κ3) is 3.86. The first-order chi connectivity index (χ1) is 10.0. The van der Waals surface area contributed by atoms with Crippen molar-refractivity contribution in [2.24, 2.45) is 0 Å². The molecule has 0 N–H and O–H groups in total. The van der Waals surface area contributed by atoms with Gasteiger partial charge in [0.1, 0.15) is 0 Å². The van der Waals surface area contributed by atoms with Gasteiger partial charge in [0.05, 0.1) is 30.5 Å². The Hall–Kier alpha value is -1.79. The van der Waals surface area contributed by atoms with E-state index in [0.717, 1.165) is 0 Å². The molecule has 1 saturated heterocycles. The minimum absolute atomic E-state index is 0.130. The molecule has 0 radical (unpaired) electrons. The maximum atomic E-state index is 12.2. The van der Waals surface area contributed by atoms with Crippen LogP contribution in [0.15, 0.2) is 35.4 Å². The lowest BCUT2D eigenvalue weighted by Gasteiger charge is -2.16. The first kappa shape index (κ1) is 15.6. The second-order valence-electron chi connectivity index (χ2n) is 4.21. The van der Waals surface area contributed by atoms with Gasteiger partial charge in [-0.2, -0.15) is 0 Å². The van der Waals surface area contributed by atoms with Gasteiger partial charge in [-0.25, -0.2) is 4.79 Å². The number of ketones is 1. The van der Waals surface area contributed by atoms with E-state index < -0.39 is 5.97 Å². The molecule has 0 bridgehead atoms. The highest BCUT2D eigenvalue weighted by molar-refractivity contribution is 8.04. The Morgan fingerprint density at radius 2 is 2.24 bits per heavy atom. The number of halogens is 1. The molecular formula is C14H12ClNO4S. The fourth-order valence-electron chi connectivity index (χ4n) is 1.76. The molecule has 110 valence electrons. The van der Waals surface area contributed by atoms with Crippen molar-refractivity contribution in [2.75, 3.05) is 19.4 Å². The molecule has 5 nitrogen and oxygen atoms in total. The van der Waals surface area contributed by atoms with Gasteiger partial charge >= 0.3 is 5.97 Å². The van der Waals surface area contributed by atoms with Crippen molar-refractivity contribution in [3.63, 3.8) is 0 Å². The summed E-state index contributed by atoms with van der Waals surface area (Å²) in [7, 11) is 1.25. The molecule has 0 aliphatic carbocycles. The van der Waals surface area contributed by atoms with Gasteiger partial charge in [-0.1, -0.05) is 35.5 Å². The van der Waals surface area contributed by atoms with E-state index in [4.69, 9.17) is 11.6 Å². The highest BCUT2D eigenvalue weighted by atomic mass is 35.5. The molecule has 0 atom stereocenters. The summed E-state index contributed by atoms with van der Waals surface area (Å²) in [5.41, 5.74) is 0.421. The number of ether oxygens (including phenoxy) is 1. The van der Waals surface area contributed by atoms with Crippen LogP contribution in [0, 0.1) is 0 Å². The van der Waals surface area contributed by atoms with Gasteiger partial charge in [0.15, 0.2) is 5.78 Å². The Bertz CT molecular complexity index is 629. The van der Waals surface area contributed by atoms with E-state index in [-0.39, 0.29) is 24.0 Å². The second kappa shape index (κ2) is 6.78. The molecule has 21 heavy (non-hydrogen) atoms. The second-order valence-corrected chi connectivity index (χ2v) is 5.64. The van der Waals surface area contributed by atoms with Gasteiger partial charge < -0.3 is 4.74 Å². The van der Waals surface area contributed by atoms with Crippen molar-refractivity contribution in [1.82, 2.24) is 4.90 Å². The molecule has 7 heteroatoms. The number of Topliss-reactive ketones (excluding diaryl/α,β-unsaturated/α-hetero) is 1. The van der Waals surface area contributed by atoms with Gasteiger partial charge in [-0.3, -0.25) is 14.5 Å². The third-order valence-corrected chi connectivity index (χ3v) is 4.06. The highest BCUT2D eigenvalue weighted by Gasteiger charge is 2.29. The van der Waals surface area contributed by atoms with Crippen molar-refractivity contribution < 1.29 is 19.1 Å². The number of carbonyl (C=O) groups excluding carboxylic acids is 3. The monoisotopic (exact) mass is 325 g/mol. The van der Waals surface area contributed by atoms with E-state index in [2.05, 4.69) is 4.74 Å². The van der Waals surface area contributed by atoms with E-state index >= 15 is 0 Å². The number of hydrogen-bond acceptors (Lipinski definition) is 5. The van der Waals surface area contributed by atoms with E-state index in [1.807, 2.05) is 0 Å². The lowest BCUT2D eigenvalue weighted by Crippen LogP contribution is -2.31. The lowest BCUT2D eigenvalue weighted by atomic mass is 10.1. The Morgan fingerprint density at radius 1 is 1.48 bits per heavy atom. The van der Waals surface area contributed by atoms with Crippen LogP contribution in [-0.2, 0) is 14.3 Å². The SMILES string of the molecule is COC(=O)C=C1SCC(=O)N1CC(=O)c1cccc(Cl)c1. The zero-order chi connectivity index (χ0) is 15.4. The Labute approximate surface area is 130 Å². The minimum atomic E-state index is -0.563. The van der Waals surface area contributed by atoms with Crippen LogP contribution in [-0.4, -0.2) is 42.0 Å². The van der Waals surface area contributed by atoms with Crippen LogP contribution in [0.2, 0.25) is 5.02 Å². The summed E-state index contributed by atoms with van der Waals surface area (Å²) in [5.74, 6) is -0.826. The molecule has 1 aliphatic rings. The molecule has 1 aliphatic heterocycles. The molecule has 1 fully saturated rings. The first-order valence-electron chi connectivity index (χ1n) is 6.03. The summed E-state index contributed by atoms with van der Waals surface area (Å²) in [6.45, 7) is -0.130. The standard InChI is InChI=1S/C14H12ClNO4S/c1-20-14(19)6-13-16(12(18)8-21-13)7-11(17)9-3-2-4-10(15)5-9/h2-6H,7-8H2,1H3. The van der Waals surface area contributed by atoms with E-state index in [1.54, 1.807) is 24.3 Å². The fourth-order valence-corrected chi connectivity index (χ4v) is 2.88. The van der Waals surface area contributed by atoms with Crippen molar-refractivity contribution in [3.8, 4) is 0 Å². The predicted molar refractivity (Wildman–Crippen MR) is 80.1 cm³/mol. The zero-order valence-corrected chi connectivity index (χ0v) is 12.7. The Balaban J connectivity index is 2.16. The Kier molecular flexibility index (Phi) is 5.03. The van der Waals surface area contributed by atoms with Crippen LogP contribution in [0.4, 0.5) is 0 Å². The average molecular weight is 326 g/mol. The summed E-state index contributed by atoms with van der Waals surface area (Å²) in [6, 6.07) is 6.51. The van der Waals surface area contributed by atoms with Gasteiger partial charge in [-0.15, -0.1) is 0 Å². The normalized spacial score (nSPS) is 16.4. The summed E-state index contributed by atoms with van der Waals surface area (Å²) in [5, 5.41) is 0.871. The number of nitrogens with zero attached hydrogens (tertiary/aromatic N) is 1. The number of hydrogen-bond donors (Lipinski definition) is 0. The van der Waals surface area contributed by atoms with Crippen molar-refractivity contribution in [3.05, 3.63) is 46.0 Å². The van der Waals surface area contributed by atoms with Crippen LogP contribution in [0.1, 0.15) is 10.4 Å². The number of rotatable bonds is 4.